The van der Waals surface area contributed by atoms with Crippen molar-refractivity contribution in [3.63, 3.8) is 0 Å². The maximum atomic E-state index is 12.3. The van der Waals surface area contributed by atoms with Crippen LogP contribution in [-0.4, -0.2) is 16.8 Å². The second-order valence-corrected chi connectivity index (χ2v) is 5.22. The molecular formula is C18H16N2O2. The summed E-state index contributed by atoms with van der Waals surface area (Å²) in [4.78, 5) is 24.6. The average molecular weight is 292 g/mol. The van der Waals surface area contributed by atoms with E-state index >= 15 is 0 Å². The van der Waals surface area contributed by atoms with Gasteiger partial charge in [0.05, 0.1) is 6.04 Å². The molecule has 0 aromatic heterocycles. The summed E-state index contributed by atoms with van der Waals surface area (Å²) in [5, 5.41) is 1.38. The van der Waals surface area contributed by atoms with Gasteiger partial charge >= 0.3 is 0 Å². The van der Waals surface area contributed by atoms with Gasteiger partial charge in [-0.25, -0.2) is 5.01 Å². The van der Waals surface area contributed by atoms with E-state index in [0.29, 0.717) is 17.6 Å². The summed E-state index contributed by atoms with van der Waals surface area (Å²) < 4.78 is 0. The number of hydrazine groups is 1. The molecule has 4 heteroatoms. The summed E-state index contributed by atoms with van der Waals surface area (Å²) in [6.07, 6.45) is 0.512. The van der Waals surface area contributed by atoms with Crippen LogP contribution in [0, 0.1) is 0 Å². The third kappa shape index (κ3) is 2.63. The van der Waals surface area contributed by atoms with E-state index in [1.165, 1.54) is 5.01 Å². The van der Waals surface area contributed by atoms with Gasteiger partial charge in [-0.3, -0.25) is 15.0 Å². The Morgan fingerprint density at radius 3 is 2.27 bits per heavy atom. The van der Waals surface area contributed by atoms with Crippen molar-refractivity contribution in [3.05, 3.63) is 83.9 Å². The molecule has 1 aliphatic heterocycles. The normalized spacial score (nSPS) is 17.6. The van der Waals surface area contributed by atoms with E-state index in [4.69, 9.17) is 0 Å². The summed E-state index contributed by atoms with van der Waals surface area (Å²) in [5.41, 5.74) is 4.70. The lowest BCUT2D eigenvalue weighted by Crippen LogP contribution is -2.44. The first kappa shape index (κ1) is 14.1. The van der Waals surface area contributed by atoms with Crippen molar-refractivity contribution >= 4 is 11.8 Å². The molecule has 0 saturated carbocycles. The van der Waals surface area contributed by atoms with E-state index < -0.39 is 0 Å². The minimum Gasteiger partial charge on any atom is -0.268 e. The lowest BCUT2D eigenvalue weighted by atomic mass is 10.0. The van der Waals surface area contributed by atoms with Gasteiger partial charge in [0.25, 0.3) is 11.8 Å². The summed E-state index contributed by atoms with van der Waals surface area (Å²) in [7, 11) is 0. The van der Waals surface area contributed by atoms with Gasteiger partial charge in [-0.2, -0.15) is 0 Å². The van der Waals surface area contributed by atoms with Crippen LogP contribution in [-0.2, 0) is 4.79 Å². The Bertz CT molecular complexity index is 710. The molecule has 1 atom stereocenters. The Morgan fingerprint density at radius 1 is 1.05 bits per heavy atom. The molecule has 2 amide bonds. The first-order valence-electron chi connectivity index (χ1n) is 7.09. The number of carbonyl (C=O) groups excluding carboxylic acids is 2. The zero-order valence-corrected chi connectivity index (χ0v) is 12.0. The standard InChI is InChI=1S/C18H16N2O2/c1-13-12-16(14-8-4-2-5-9-14)20(18(13)22)19-17(21)15-10-6-3-7-11-15/h2-11,16H,1,12H2,(H,19,21). The highest BCUT2D eigenvalue weighted by atomic mass is 16.2. The Hall–Kier alpha value is -2.88. The first-order chi connectivity index (χ1) is 10.7. The van der Waals surface area contributed by atoms with Crippen LogP contribution in [0.4, 0.5) is 0 Å². The molecule has 1 N–H and O–H groups in total. The number of hydrogen-bond acceptors (Lipinski definition) is 2. The van der Waals surface area contributed by atoms with E-state index in [-0.39, 0.29) is 17.9 Å². The highest BCUT2D eigenvalue weighted by molar-refractivity contribution is 6.00. The molecule has 1 aliphatic rings. The fourth-order valence-corrected chi connectivity index (χ4v) is 2.56. The van der Waals surface area contributed by atoms with E-state index in [1.54, 1.807) is 24.3 Å². The van der Waals surface area contributed by atoms with Crippen molar-refractivity contribution in [3.8, 4) is 0 Å². The Balaban J connectivity index is 1.85. The molecule has 22 heavy (non-hydrogen) atoms. The van der Waals surface area contributed by atoms with Crippen LogP contribution in [0.3, 0.4) is 0 Å². The van der Waals surface area contributed by atoms with Gasteiger partial charge in [-0.05, 0) is 17.7 Å². The van der Waals surface area contributed by atoms with Gasteiger partial charge in [0, 0.05) is 17.6 Å². The lowest BCUT2D eigenvalue weighted by Gasteiger charge is -2.25. The molecule has 1 saturated heterocycles. The molecule has 2 aromatic rings. The number of rotatable bonds is 3. The van der Waals surface area contributed by atoms with Crippen molar-refractivity contribution < 1.29 is 9.59 Å². The largest absolute Gasteiger partial charge is 0.269 e. The van der Waals surface area contributed by atoms with Crippen LogP contribution in [0.5, 0.6) is 0 Å². The molecular weight excluding hydrogens is 276 g/mol. The Morgan fingerprint density at radius 2 is 1.64 bits per heavy atom. The van der Waals surface area contributed by atoms with E-state index in [1.807, 2.05) is 36.4 Å². The molecule has 1 fully saturated rings. The van der Waals surface area contributed by atoms with Crippen molar-refractivity contribution in [1.29, 1.82) is 0 Å². The lowest BCUT2D eigenvalue weighted by molar-refractivity contribution is -0.128. The summed E-state index contributed by atoms with van der Waals surface area (Å²) >= 11 is 0. The van der Waals surface area contributed by atoms with Gasteiger partial charge in [0.15, 0.2) is 0 Å². The zero-order chi connectivity index (χ0) is 15.5. The summed E-state index contributed by atoms with van der Waals surface area (Å²) in [6.45, 7) is 3.80. The van der Waals surface area contributed by atoms with Gasteiger partial charge in [0.2, 0.25) is 0 Å². The number of nitrogens with one attached hydrogen (secondary N) is 1. The average Bonchev–Trinajstić information content (AvgIpc) is 2.85. The molecule has 3 rings (SSSR count). The van der Waals surface area contributed by atoms with Crippen LogP contribution in [0.2, 0.25) is 0 Å². The molecule has 0 bridgehead atoms. The molecule has 2 aromatic carbocycles. The fraction of sp³-hybridized carbons (Fsp3) is 0.111. The molecule has 0 radical (unpaired) electrons. The SMILES string of the molecule is C=C1CC(c2ccccc2)N(NC(=O)c2ccccc2)C1=O. The van der Waals surface area contributed by atoms with Crippen LogP contribution in [0.15, 0.2) is 72.8 Å². The monoisotopic (exact) mass is 292 g/mol. The van der Waals surface area contributed by atoms with Crippen molar-refractivity contribution in [1.82, 2.24) is 10.4 Å². The second-order valence-electron chi connectivity index (χ2n) is 5.22. The summed E-state index contributed by atoms with van der Waals surface area (Å²) in [5.74, 6) is -0.539. The predicted octanol–water partition coefficient (Wildman–Crippen LogP) is 2.86. The summed E-state index contributed by atoms with van der Waals surface area (Å²) in [6, 6.07) is 18.3. The van der Waals surface area contributed by atoms with Crippen LogP contribution in [0.1, 0.15) is 28.4 Å². The van der Waals surface area contributed by atoms with Crippen LogP contribution < -0.4 is 5.43 Å². The maximum absolute atomic E-state index is 12.3. The molecule has 4 nitrogen and oxygen atoms in total. The van der Waals surface area contributed by atoms with Gasteiger partial charge in [0.1, 0.15) is 0 Å². The van der Waals surface area contributed by atoms with Gasteiger partial charge < -0.3 is 0 Å². The third-order valence-corrected chi connectivity index (χ3v) is 3.71. The van der Waals surface area contributed by atoms with Crippen molar-refractivity contribution in [2.75, 3.05) is 0 Å². The van der Waals surface area contributed by atoms with Crippen LogP contribution in [0.25, 0.3) is 0 Å². The molecule has 1 heterocycles. The predicted molar refractivity (Wildman–Crippen MR) is 83.7 cm³/mol. The molecule has 1 unspecified atom stereocenters. The number of amides is 2. The Kier molecular flexibility index (Phi) is 3.74. The minimum absolute atomic E-state index is 0.214. The molecule has 0 aliphatic carbocycles. The number of nitrogens with zero attached hydrogens (tertiary/aromatic N) is 1. The quantitative estimate of drug-likeness (QED) is 0.884. The van der Waals surface area contributed by atoms with Crippen LogP contribution >= 0.6 is 0 Å². The third-order valence-electron chi connectivity index (χ3n) is 3.71. The second kappa shape index (κ2) is 5.85. The first-order valence-corrected chi connectivity index (χ1v) is 7.09. The zero-order valence-electron chi connectivity index (χ0n) is 12.0. The van der Waals surface area contributed by atoms with E-state index in [9.17, 15) is 9.59 Å². The smallest absolute Gasteiger partial charge is 0.268 e. The van der Waals surface area contributed by atoms with Crippen molar-refractivity contribution in [2.45, 2.75) is 12.5 Å². The van der Waals surface area contributed by atoms with Gasteiger partial charge in [-0.15, -0.1) is 0 Å². The molecule has 110 valence electrons. The maximum Gasteiger partial charge on any atom is 0.269 e. The highest BCUT2D eigenvalue weighted by Crippen LogP contribution is 2.33. The van der Waals surface area contributed by atoms with Gasteiger partial charge in [-0.1, -0.05) is 55.1 Å². The number of hydrogen-bond donors (Lipinski definition) is 1. The molecule has 0 spiro atoms. The topological polar surface area (TPSA) is 49.4 Å². The number of benzene rings is 2. The van der Waals surface area contributed by atoms with Crippen molar-refractivity contribution in [2.24, 2.45) is 0 Å². The minimum atomic E-state index is -0.301. The Labute approximate surface area is 129 Å². The van der Waals surface area contributed by atoms with E-state index in [2.05, 4.69) is 12.0 Å². The fourth-order valence-electron chi connectivity index (χ4n) is 2.56. The number of carbonyl (C=O) groups is 2. The highest BCUT2D eigenvalue weighted by Gasteiger charge is 2.36. The van der Waals surface area contributed by atoms with E-state index in [0.717, 1.165) is 5.56 Å².